The topological polar surface area (TPSA) is 98.5 Å². The van der Waals surface area contributed by atoms with E-state index in [1.807, 2.05) is 0 Å². The van der Waals surface area contributed by atoms with Crippen molar-refractivity contribution in [2.24, 2.45) is 5.73 Å². The highest BCUT2D eigenvalue weighted by Gasteiger charge is 2.32. The Morgan fingerprint density at radius 1 is 1.30 bits per heavy atom. The molecule has 23 heavy (non-hydrogen) atoms. The summed E-state index contributed by atoms with van der Waals surface area (Å²) in [4.78, 5) is 35.7. The van der Waals surface area contributed by atoms with E-state index in [1.165, 1.54) is 6.92 Å². The van der Waals surface area contributed by atoms with Crippen LogP contribution in [0, 0.1) is 6.92 Å². The number of esters is 1. The van der Waals surface area contributed by atoms with Crippen LogP contribution in [0.4, 0.5) is 5.00 Å². The number of rotatable bonds is 4. The molecule has 1 aromatic heterocycles. The predicted octanol–water partition coefficient (Wildman–Crippen LogP) is 2.64. The van der Waals surface area contributed by atoms with Gasteiger partial charge in [0.25, 0.3) is 5.91 Å². The largest absolute Gasteiger partial charge is 0.434 e. The molecule has 3 N–H and O–H groups in total. The number of cyclic esters (lactones) is 1. The van der Waals surface area contributed by atoms with Gasteiger partial charge >= 0.3 is 5.97 Å². The number of primary amides is 1. The fraction of sp³-hybridized carbons (Fsp3) is 0.188. The number of benzene rings is 1. The van der Waals surface area contributed by atoms with Gasteiger partial charge in [-0.05, 0) is 25.5 Å². The van der Waals surface area contributed by atoms with Gasteiger partial charge in [-0.3, -0.25) is 9.59 Å². The molecular formula is C16H14N2O4S. The number of nitrogens with one attached hydrogen (secondary N) is 1. The number of thiophene rings is 1. The van der Waals surface area contributed by atoms with Gasteiger partial charge < -0.3 is 15.8 Å². The maximum atomic E-state index is 11.9. The van der Waals surface area contributed by atoms with Gasteiger partial charge in [-0.2, -0.15) is 0 Å². The minimum absolute atomic E-state index is 0.146. The number of carbonyl (C=O) groups excluding carboxylic acids is 3. The molecule has 1 aromatic carbocycles. The fourth-order valence-electron chi connectivity index (χ4n) is 2.62. The first kappa shape index (κ1) is 15.2. The Morgan fingerprint density at radius 2 is 2.00 bits per heavy atom. The van der Waals surface area contributed by atoms with E-state index in [4.69, 9.17) is 10.5 Å². The Hall–Kier alpha value is -2.67. The van der Waals surface area contributed by atoms with Crippen molar-refractivity contribution in [1.29, 1.82) is 0 Å². The van der Waals surface area contributed by atoms with Gasteiger partial charge in [0.15, 0.2) is 5.78 Å². The molecule has 0 saturated heterocycles. The van der Waals surface area contributed by atoms with Gasteiger partial charge in [0.2, 0.25) is 6.23 Å². The molecule has 0 aliphatic carbocycles. The molecule has 1 aliphatic rings. The number of nitrogens with two attached hydrogens (primary N) is 1. The van der Waals surface area contributed by atoms with Crippen molar-refractivity contribution in [2.45, 2.75) is 20.1 Å². The zero-order chi connectivity index (χ0) is 16.7. The second-order valence-corrected chi connectivity index (χ2v) is 6.22. The molecule has 0 bridgehead atoms. The van der Waals surface area contributed by atoms with Crippen LogP contribution >= 0.6 is 11.3 Å². The van der Waals surface area contributed by atoms with Crippen molar-refractivity contribution in [1.82, 2.24) is 0 Å². The minimum Gasteiger partial charge on any atom is -0.434 e. The third-order valence-electron chi connectivity index (χ3n) is 3.66. The standard InChI is InChI=1S/C16H14N2O4S/c1-7-11(13(17)20)15(23-12(7)8(2)19)18-14-9-5-3-4-6-10(9)16(21)22-14/h3-6,14,18H,1-2H3,(H2,17,20). The lowest BCUT2D eigenvalue weighted by Crippen LogP contribution is -2.16. The lowest BCUT2D eigenvalue weighted by molar-refractivity contribution is 0.0437. The highest BCUT2D eigenvalue weighted by Crippen LogP contribution is 2.38. The molecule has 1 unspecified atom stereocenters. The average molecular weight is 330 g/mol. The summed E-state index contributed by atoms with van der Waals surface area (Å²) in [5.41, 5.74) is 7.38. The lowest BCUT2D eigenvalue weighted by atomic mass is 10.1. The van der Waals surface area contributed by atoms with Crippen molar-refractivity contribution >= 4 is 34.0 Å². The van der Waals surface area contributed by atoms with Crippen LogP contribution in [-0.4, -0.2) is 17.7 Å². The summed E-state index contributed by atoms with van der Waals surface area (Å²) < 4.78 is 5.30. The number of Topliss-reactive ketones (excluding diaryl/α,β-unsaturated/α-hetero) is 1. The van der Waals surface area contributed by atoms with E-state index >= 15 is 0 Å². The number of fused-ring (bicyclic) bond motifs is 1. The third kappa shape index (κ3) is 2.49. The zero-order valence-electron chi connectivity index (χ0n) is 12.5. The first-order valence-corrected chi connectivity index (χ1v) is 7.72. The van der Waals surface area contributed by atoms with Crippen LogP contribution in [0.25, 0.3) is 0 Å². The molecule has 1 amide bonds. The number of anilines is 1. The lowest BCUT2D eigenvalue weighted by Gasteiger charge is -2.13. The van der Waals surface area contributed by atoms with Gasteiger partial charge in [0, 0.05) is 5.56 Å². The zero-order valence-corrected chi connectivity index (χ0v) is 13.3. The van der Waals surface area contributed by atoms with E-state index in [2.05, 4.69) is 5.32 Å². The molecule has 3 rings (SSSR count). The van der Waals surface area contributed by atoms with Crippen LogP contribution in [0.2, 0.25) is 0 Å². The highest BCUT2D eigenvalue weighted by molar-refractivity contribution is 7.18. The number of hydrogen-bond donors (Lipinski definition) is 2. The van der Waals surface area contributed by atoms with Crippen molar-refractivity contribution < 1.29 is 19.1 Å². The van der Waals surface area contributed by atoms with E-state index in [-0.39, 0.29) is 11.3 Å². The molecular weight excluding hydrogens is 316 g/mol. The maximum Gasteiger partial charge on any atom is 0.340 e. The number of amides is 1. The van der Waals surface area contributed by atoms with Crippen LogP contribution in [0.1, 0.15) is 54.7 Å². The molecule has 0 saturated carbocycles. The predicted molar refractivity (Wildman–Crippen MR) is 85.8 cm³/mol. The minimum atomic E-state index is -0.713. The van der Waals surface area contributed by atoms with E-state index in [9.17, 15) is 14.4 Å². The summed E-state index contributed by atoms with van der Waals surface area (Å²) in [5.74, 6) is -1.21. The van der Waals surface area contributed by atoms with Gasteiger partial charge in [-0.25, -0.2) is 4.79 Å². The summed E-state index contributed by atoms with van der Waals surface area (Å²) in [6, 6.07) is 6.99. The Bertz CT molecular complexity index is 841. The smallest absolute Gasteiger partial charge is 0.340 e. The number of carbonyl (C=O) groups is 3. The van der Waals surface area contributed by atoms with E-state index in [0.29, 0.717) is 26.6 Å². The van der Waals surface area contributed by atoms with Crippen molar-refractivity contribution in [2.75, 3.05) is 5.32 Å². The fourth-order valence-corrected chi connectivity index (χ4v) is 3.74. The van der Waals surface area contributed by atoms with Crippen molar-refractivity contribution in [3.05, 3.63) is 51.4 Å². The average Bonchev–Trinajstić information content (AvgIpc) is 2.98. The third-order valence-corrected chi connectivity index (χ3v) is 4.99. The van der Waals surface area contributed by atoms with Crippen molar-refractivity contribution in [3.63, 3.8) is 0 Å². The molecule has 118 valence electrons. The number of hydrogen-bond acceptors (Lipinski definition) is 6. The molecule has 0 radical (unpaired) electrons. The molecule has 1 atom stereocenters. The van der Waals surface area contributed by atoms with E-state index in [0.717, 1.165) is 11.3 Å². The molecule has 0 spiro atoms. The summed E-state index contributed by atoms with van der Waals surface area (Å²) >= 11 is 1.13. The summed E-state index contributed by atoms with van der Waals surface area (Å²) in [6.45, 7) is 3.10. The molecule has 1 aliphatic heterocycles. The quantitative estimate of drug-likeness (QED) is 0.663. The molecule has 6 nitrogen and oxygen atoms in total. The van der Waals surface area contributed by atoms with Gasteiger partial charge in [-0.15, -0.1) is 11.3 Å². The van der Waals surface area contributed by atoms with E-state index in [1.54, 1.807) is 31.2 Å². The first-order chi connectivity index (χ1) is 10.9. The van der Waals surface area contributed by atoms with Gasteiger partial charge in [-0.1, -0.05) is 18.2 Å². The maximum absolute atomic E-state index is 11.9. The summed E-state index contributed by atoms with van der Waals surface area (Å²) in [7, 11) is 0. The Balaban J connectivity index is 2.02. The SMILES string of the molecule is CC(=O)c1sc(NC2OC(=O)c3ccccc32)c(C(N)=O)c1C. The second kappa shape index (κ2) is 5.51. The Morgan fingerprint density at radius 3 is 2.65 bits per heavy atom. The van der Waals surface area contributed by atoms with Gasteiger partial charge in [0.05, 0.1) is 16.0 Å². The Labute approximate surface area is 136 Å². The first-order valence-electron chi connectivity index (χ1n) is 6.90. The van der Waals surface area contributed by atoms with E-state index < -0.39 is 18.1 Å². The van der Waals surface area contributed by atoms with Crippen molar-refractivity contribution in [3.8, 4) is 0 Å². The summed E-state index contributed by atoms with van der Waals surface area (Å²) in [6.07, 6.45) is -0.713. The monoisotopic (exact) mass is 330 g/mol. The molecule has 2 heterocycles. The van der Waals surface area contributed by atoms with Crippen LogP contribution in [-0.2, 0) is 4.74 Å². The highest BCUT2D eigenvalue weighted by atomic mass is 32.1. The summed E-state index contributed by atoms with van der Waals surface area (Å²) in [5, 5.41) is 3.44. The van der Waals surface area contributed by atoms with Crippen LogP contribution < -0.4 is 11.1 Å². The number of ether oxygens (including phenoxy) is 1. The van der Waals surface area contributed by atoms with Crippen LogP contribution in [0.5, 0.6) is 0 Å². The van der Waals surface area contributed by atoms with Crippen LogP contribution in [0.15, 0.2) is 24.3 Å². The Kier molecular flexibility index (Phi) is 3.65. The normalized spacial score (nSPS) is 15.9. The molecule has 0 fully saturated rings. The molecule has 7 heteroatoms. The van der Waals surface area contributed by atoms with Gasteiger partial charge in [0.1, 0.15) is 5.00 Å². The van der Waals surface area contributed by atoms with Crippen LogP contribution in [0.3, 0.4) is 0 Å². The second-order valence-electron chi connectivity index (χ2n) is 5.20. The molecule has 2 aromatic rings. The number of ketones is 1.